The number of nitrogens with one attached hydrogen (secondary N) is 1. The molecule has 0 spiro atoms. The SMILES string of the molecule is Cn1c(C2CCCN2)nc2c(F)cc(F)cc21. The van der Waals surface area contributed by atoms with E-state index in [1.165, 1.54) is 6.07 Å². The van der Waals surface area contributed by atoms with E-state index < -0.39 is 11.6 Å². The lowest BCUT2D eigenvalue weighted by molar-refractivity contribution is 0.583. The number of halogens is 2. The minimum absolute atomic E-state index is 0.148. The Kier molecular flexibility index (Phi) is 2.36. The summed E-state index contributed by atoms with van der Waals surface area (Å²) in [6, 6.07) is 2.35. The second-order valence-electron chi connectivity index (χ2n) is 4.43. The fourth-order valence-electron chi connectivity index (χ4n) is 2.45. The maximum Gasteiger partial charge on any atom is 0.153 e. The molecule has 1 aliphatic heterocycles. The van der Waals surface area contributed by atoms with Crippen LogP contribution in [0.2, 0.25) is 0 Å². The first-order chi connectivity index (χ1) is 8.16. The lowest BCUT2D eigenvalue weighted by Crippen LogP contribution is -2.16. The molecule has 5 heteroatoms. The Balaban J connectivity index is 2.20. The molecule has 1 aromatic heterocycles. The summed E-state index contributed by atoms with van der Waals surface area (Å²) >= 11 is 0. The topological polar surface area (TPSA) is 29.9 Å². The van der Waals surface area contributed by atoms with Gasteiger partial charge in [-0.1, -0.05) is 0 Å². The highest BCUT2D eigenvalue weighted by Gasteiger charge is 2.23. The van der Waals surface area contributed by atoms with Crippen LogP contribution in [0.15, 0.2) is 12.1 Å². The van der Waals surface area contributed by atoms with Gasteiger partial charge in [-0.25, -0.2) is 13.8 Å². The molecule has 2 aromatic rings. The van der Waals surface area contributed by atoms with Gasteiger partial charge in [0.25, 0.3) is 0 Å². The second kappa shape index (κ2) is 3.77. The van der Waals surface area contributed by atoms with Crippen LogP contribution >= 0.6 is 0 Å². The van der Waals surface area contributed by atoms with E-state index in [1.54, 1.807) is 11.6 Å². The van der Waals surface area contributed by atoms with Gasteiger partial charge in [0.2, 0.25) is 0 Å². The van der Waals surface area contributed by atoms with Crippen molar-refractivity contribution < 1.29 is 8.78 Å². The molecule has 0 aliphatic carbocycles. The van der Waals surface area contributed by atoms with Crippen LogP contribution in [-0.2, 0) is 7.05 Å². The number of aromatic nitrogens is 2. The van der Waals surface area contributed by atoms with Gasteiger partial charge in [-0.05, 0) is 25.5 Å². The van der Waals surface area contributed by atoms with Crippen molar-refractivity contribution in [1.82, 2.24) is 14.9 Å². The summed E-state index contributed by atoms with van der Waals surface area (Å²) < 4.78 is 28.5. The molecule has 1 atom stereocenters. The smallest absolute Gasteiger partial charge is 0.153 e. The molecule has 3 rings (SSSR count). The standard InChI is InChI=1S/C12H13F2N3/c1-17-10-6-7(13)5-8(14)11(10)16-12(17)9-3-2-4-15-9/h5-6,9,15H,2-4H2,1H3. The normalized spacial score (nSPS) is 20.3. The maximum atomic E-state index is 13.6. The molecule has 1 fully saturated rings. The van der Waals surface area contributed by atoms with Crippen LogP contribution in [0.1, 0.15) is 24.7 Å². The van der Waals surface area contributed by atoms with Gasteiger partial charge in [0.1, 0.15) is 17.2 Å². The van der Waals surface area contributed by atoms with Crippen molar-refractivity contribution in [3.63, 3.8) is 0 Å². The van der Waals surface area contributed by atoms with Crippen LogP contribution in [0.5, 0.6) is 0 Å². The molecular formula is C12H13F2N3. The lowest BCUT2D eigenvalue weighted by atomic mass is 10.2. The van der Waals surface area contributed by atoms with Gasteiger partial charge in [0.15, 0.2) is 5.82 Å². The van der Waals surface area contributed by atoms with Gasteiger partial charge in [-0.15, -0.1) is 0 Å². The van der Waals surface area contributed by atoms with E-state index in [0.717, 1.165) is 31.3 Å². The second-order valence-corrected chi connectivity index (χ2v) is 4.43. The van der Waals surface area contributed by atoms with Crippen molar-refractivity contribution >= 4 is 11.0 Å². The first-order valence-electron chi connectivity index (χ1n) is 5.71. The summed E-state index contributed by atoms with van der Waals surface area (Å²) in [4.78, 5) is 4.29. The average Bonchev–Trinajstić information content (AvgIpc) is 2.87. The van der Waals surface area contributed by atoms with Gasteiger partial charge in [0, 0.05) is 13.1 Å². The summed E-state index contributed by atoms with van der Waals surface area (Å²) in [7, 11) is 1.80. The molecule has 0 saturated carbocycles. The molecule has 1 unspecified atom stereocenters. The van der Waals surface area contributed by atoms with Crippen LogP contribution in [-0.4, -0.2) is 16.1 Å². The zero-order valence-electron chi connectivity index (χ0n) is 9.50. The Bertz CT molecular complexity index is 571. The summed E-state index contributed by atoms with van der Waals surface area (Å²) in [5.41, 5.74) is 0.754. The molecule has 2 heterocycles. The Morgan fingerprint density at radius 1 is 1.41 bits per heavy atom. The van der Waals surface area contributed by atoms with Crippen molar-refractivity contribution in [2.24, 2.45) is 7.05 Å². The van der Waals surface area contributed by atoms with E-state index in [4.69, 9.17) is 0 Å². The molecule has 1 saturated heterocycles. The van der Waals surface area contributed by atoms with Crippen LogP contribution < -0.4 is 5.32 Å². The Hall–Kier alpha value is -1.49. The number of nitrogens with zero attached hydrogens (tertiary/aromatic N) is 2. The maximum absolute atomic E-state index is 13.6. The summed E-state index contributed by atoms with van der Waals surface area (Å²) in [6.45, 7) is 0.949. The third kappa shape index (κ3) is 1.61. The summed E-state index contributed by atoms with van der Waals surface area (Å²) in [5.74, 6) is -0.384. The van der Waals surface area contributed by atoms with Crippen molar-refractivity contribution in [3.05, 3.63) is 29.6 Å². The van der Waals surface area contributed by atoms with E-state index >= 15 is 0 Å². The number of benzene rings is 1. The number of aryl methyl sites for hydroxylation is 1. The molecule has 1 aliphatic rings. The predicted molar refractivity (Wildman–Crippen MR) is 60.6 cm³/mol. The molecule has 0 bridgehead atoms. The quantitative estimate of drug-likeness (QED) is 0.824. The highest BCUT2D eigenvalue weighted by atomic mass is 19.1. The molecule has 90 valence electrons. The zero-order valence-corrected chi connectivity index (χ0v) is 9.50. The largest absolute Gasteiger partial charge is 0.330 e. The van der Waals surface area contributed by atoms with Gasteiger partial charge < -0.3 is 9.88 Å². The monoisotopic (exact) mass is 237 g/mol. The number of hydrogen-bond donors (Lipinski definition) is 1. The third-order valence-electron chi connectivity index (χ3n) is 3.31. The number of hydrogen-bond acceptors (Lipinski definition) is 2. The Labute approximate surface area is 97.5 Å². The molecule has 17 heavy (non-hydrogen) atoms. The van der Waals surface area contributed by atoms with Crippen molar-refractivity contribution in [3.8, 4) is 0 Å². The van der Waals surface area contributed by atoms with Crippen LogP contribution in [0, 0.1) is 11.6 Å². The highest BCUT2D eigenvalue weighted by molar-refractivity contribution is 5.76. The molecule has 0 amide bonds. The van der Waals surface area contributed by atoms with E-state index in [0.29, 0.717) is 5.52 Å². The van der Waals surface area contributed by atoms with Gasteiger partial charge in [-0.3, -0.25) is 0 Å². The van der Waals surface area contributed by atoms with Crippen molar-refractivity contribution in [2.45, 2.75) is 18.9 Å². The number of rotatable bonds is 1. The fourth-order valence-corrected chi connectivity index (χ4v) is 2.45. The van der Waals surface area contributed by atoms with Gasteiger partial charge in [0.05, 0.1) is 11.6 Å². The molecule has 1 N–H and O–H groups in total. The average molecular weight is 237 g/mol. The molecular weight excluding hydrogens is 224 g/mol. The Morgan fingerprint density at radius 2 is 2.24 bits per heavy atom. The van der Waals surface area contributed by atoms with E-state index in [-0.39, 0.29) is 11.6 Å². The zero-order chi connectivity index (χ0) is 12.0. The Morgan fingerprint density at radius 3 is 2.94 bits per heavy atom. The van der Waals surface area contributed by atoms with Crippen LogP contribution in [0.3, 0.4) is 0 Å². The third-order valence-corrected chi connectivity index (χ3v) is 3.31. The summed E-state index contributed by atoms with van der Waals surface area (Å²) in [5, 5.41) is 3.31. The van der Waals surface area contributed by atoms with E-state index in [9.17, 15) is 8.78 Å². The molecule has 0 radical (unpaired) electrons. The first kappa shape index (κ1) is 10.7. The fraction of sp³-hybridized carbons (Fsp3) is 0.417. The van der Waals surface area contributed by atoms with Crippen LogP contribution in [0.25, 0.3) is 11.0 Å². The lowest BCUT2D eigenvalue weighted by Gasteiger charge is -2.09. The molecule has 3 nitrogen and oxygen atoms in total. The minimum atomic E-state index is -0.597. The van der Waals surface area contributed by atoms with Gasteiger partial charge in [-0.2, -0.15) is 0 Å². The number of imidazole rings is 1. The van der Waals surface area contributed by atoms with Crippen molar-refractivity contribution in [1.29, 1.82) is 0 Å². The number of fused-ring (bicyclic) bond motifs is 1. The first-order valence-corrected chi connectivity index (χ1v) is 5.71. The summed E-state index contributed by atoms with van der Waals surface area (Å²) in [6.07, 6.45) is 2.08. The minimum Gasteiger partial charge on any atom is -0.330 e. The highest BCUT2D eigenvalue weighted by Crippen LogP contribution is 2.27. The van der Waals surface area contributed by atoms with E-state index in [2.05, 4.69) is 10.3 Å². The van der Waals surface area contributed by atoms with Gasteiger partial charge >= 0.3 is 0 Å². The predicted octanol–water partition coefficient (Wildman–Crippen LogP) is 2.28. The van der Waals surface area contributed by atoms with Crippen LogP contribution in [0.4, 0.5) is 8.78 Å². The molecule has 1 aromatic carbocycles. The van der Waals surface area contributed by atoms with Crippen molar-refractivity contribution in [2.75, 3.05) is 6.54 Å². The van der Waals surface area contributed by atoms with E-state index in [1.807, 2.05) is 0 Å².